The van der Waals surface area contributed by atoms with Gasteiger partial charge in [-0.2, -0.15) is 18.4 Å². The highest BCUT2D eigenvalue weighted by atomic mass is 19.4. The fraction of sp³-hybridized carbons (Fsp3) is 0.341. The van der Waals surface area contributed by atoms with E-state index in [1.807, 2.05) is 6.07 Å². The molecule has 0 aliphatic carbocycles. The van der Waals surface area contributed by atoms with Crippen molar-refractivity contribution in [2.24, 2.45) is 0 Å². The number of aliphatic hydroxyl groups excluding tert-OH is 1. The molecule has 0 aromatic heterocycles. The third-order valence-electron chi connectivity index (χ3n) is 8.06. The molecular formula is C41H45F3N2O7. The first kappa shape index (κ1) is 41.7. The van der Waals surface area contributed by atoms with Crippen molar-refractivity contribution in [3.63, 3.8) is 0 Å². The first-order valence-electron chi connectivity index (χ1n) is 17.2. The van der Waals surface area contributed by atoms with Gasteiger partial charge >= 0.3 is 6.18 Å². The van der Waals surface area contributed by atoms with Gasteiger partial charge in [-0.15, -0.1) is 0 Å². The Balaban J connectivity index is 1.30. The van der Waals surface area contributed by atoms with Crippen LogP contribution in [0.2, 0.25) is 0 Å². The van der Waals surface area contributed by atoms with Crippen LogP contribution in [0.3, 0.4) is 0 Å². The van der Waals surface area contributed by atoms with Crippen molar-refractivity contribution in [3.8, 4) is 29.1 Å². The molecule has 12 heteroatoms. The van der Waals surface area contributed by atoms with E-state index < -0.39 is 23.1 Å². The van der Waals surface area contributed by atoms with Crippen molar-refractivity contribution in [1.82, 2.24) is 0 Å². The Labute approximate surface area is 308 Å². The van der Waals surface area contributed by atoms with Crippen LogP contribution in [0.15, 0.2) is 78.6 Å². The summed E-state index contributed by atoms with van der Waals surface area (Å²) in [4.78, 5) is 24.6. The van der Waals surface area contributed by atoms with Crippen LogP contribution in [0.25, 0.3) is 12.2 Å². The molecule has 0 spiro atoms. The van der Waals surface area contributed by atoms with Gasteiger partial charge in [0.25, 0.3) is 0 Å². The number of hydrogen-bond donors (Lipinski definition) is 2. The fourth-order valence-corrected chi connectivity index (χ4v) is 5.27. The number of allylic oxidation sites excluding steroid dienone is 3. The van der Waals surface area contributed by atoms with Gasteiger partial charge in [-0.25, -0.2) is 0 Å². The minimum absolute atomic E-state index is 0.0199. The summed E-state index contributed by atoms with van der Waals surface area (Å²) < 4.78 is 61.3. The second-order valence-corrected chi connectivity index (χ2v) is 12.0. The van der Waals surface area contributed by atoms with E-state index in [4.69, 9.17) is 24.2 Å². The molecule has 0 heterocycles. The molecule has 0 fully saturated rings. The average Bonchev–Trinajstić information content (AvgIpc) is 3.14. The number of ether oxygens (including phenoxy) is 4. The number of methoxy groups -OCH3 is 3. The summed E-state index contributed by atoms with van der Waals surface area (Å²) in [6.45, 7) is 0.518. The van der Waals surface area contributed by atoms with E-state index in [9.17, 15) is 27.9 Å². The molecule has 53 heavy (non-hydrogen) atoms. The number of halogens is 3. The molecular weight excluding hydrogens is 689 g/mol. The molecule has 2 N–H and O–H groups in total. The van der Waals surface area contributed by atoms with Crippen molar-refractivity contribution >= 4 is 29.5 Å². The number of amides is 1. The predicted molar refractivity (Wildman–Crippen MR) is 198 cm³/mol. The number of nitrogens with zero attached hydrogens (tertiary/aromatic N) is 1. The first-order chi connectivity index (χ1) is 25.5. The van der Waals surface area contributed by atoms with E-state index in [0.717, 1.165) is 74.3 Å². The maximum Gasteiger partial charge on any atom is 0.417 e. The van der Waals surface area contributed by atoms with Gasteiger partial charge in [0.1, 0.15) is 5.76 Å². The molecule has 0 atom stereocenters. The molecule has 0 unspecified atom stereocenters. The van der Waals surface area contributed by atoms with E-state index in [1.54, 1.807) is 56.7 Å². The summed E-state index contributed by atoms with van der Waals surface area (Å²) in [5.41, 5.74) is -0.0486. The number of anilines is 1. The van der Waals surface area contributed by atoms with Gasteiger partial charge in [0.2, 0.25) is 5.91 Å². The maximum atomic E-state index is 13.1. The third-order valence-corrected chi connectivity index (χ3v) is 8.06. The number of rotatable bonds is 21. The van der Waals surface area contributed by atoms with Crippen LogP contribution in [0.4, 0.5) is 18.9 Å². The van der Waals surface area contributed by atoms with Crippen LogP contribution in [0.5, 0.6) is 23.0 Å². The molecule has 0 aliphatic heterocycles. The lowest BCUT2D eigenvalue weighted by Crippen LogP contribution is -2.13. The number of alkyl halides is 3. The number of carbonyl (C=O) groups is 2. The number of benzene rings is 3. The number of unbranched alkanes of at least 4 members (excludes halogenated alkanes) is 7. The van der Waals surface area contributed by atoms with E-state index in [0.29, 0.717) is 36.0 Å². The standard InChI is InChI=1S/C41H45F3N2O7/c1-50-36-21-15-29(24-38(36)51-2)13-19-33(47)27-34(48)20-14-30-16-22-37(39(25-30)52-3)53-23-11-9-7-5-4-6-8-10-12-40(49)46-32-18-17-31(28-45)35(26-32)41(42,43)44/h13-22,24-27,47H,4-12,23H2,1-3H3,(H,46,49)/b19-13+,20-14+,33-27?. The highest BCUT2D eigenvalue weighted by molar-refractivity contribution is 6.02. The zero-order valence-corrected chi connectivity index (χ0v) is 30.1. The largest absolute Gasteiger partial charge is 0.508 e. The molecule has 1 amide bonds. The minimum Gasteiger partial charge on any atom is -0.508 e. The molecule has 282 valence electrons. The third kappa shape index (κ3) is 14.4. The van der Waals surface area contributed by atoms with Crippen LogP contribution in [0.1, 0.15) is 80.0 Å². The Morgan fingerprint density at radius 1 is 0.755 bits per heavy atom. The second-order valence-electron chi connectivity index (χ2n) is 12.0. The molecule has 0 aliphatic rings. The lowest BCUT2D eigenvalue weighted by molar-refractivity contribution is -0.137. The molecule has 3 rings (SSSR count). The van der Waals surface area contributed by atoms with E-state index in [1.165, 1.54) is 31.4 Å². The van der Waals surface area contributed by atoms with Crippen LogP contribution >= 0.6 is 0 Å². The highest BCUT2D eigenvalue weighted by Crippen LogP contribution is 2.34. The molecule has 0 radical (unpaired) electrons. The van der Waals surface area contributed by atoms with E-state index >= 15 is 0 Å². The van der Waals surface area contributed by atoms with Crippen LogP contribution in [0, 0.1) is 11.3 Å². The molecule has 0 bridgehead atoms. The lowest BCUT2D eigenvalue weighted by Gasteiger charge is -2.12. The Morgan fingerprint density at radius 2 is 1.32 bits per heavy atom. The summed E-state index contributed by atoms with van der Waals surface area (Å²) in [7, 11) is 4.62. The SMILES string of the molecule is COc1ccc(/C=C/C(O)=CC(=O)/C=C/c2ccc(OCCCCCCCCCCC(=O)Nc3ccc(C#N)c(C(F)(F)F)c3)c(OC)c2)cc1OC. The smallest absolute Gasteiger partial charge is 0.417 e. The zero-order chi connectivity index (χ0) is 38.6. The summed E-state index contributed by atoms with van der Waals surface area (Å²) in [5, 5.41) is 21.6. The van der Waals surface area contributed by atoms with Gasteiger partial charge < -0.3 is 29.4 Å². The lowest BCUT2D eigenvalue weighted by atomic mass is 10.1. The maximum absolute atomic E-state index is 13.1. The second kappa shape index (κ2) is 21.6. The van der Waals surface area contributed by atoms with Gasteiger partial charge in [-0.1, -0.05) is 62.8 Å². The predicted octanol–water partition coefficient (Wildman–Crippen LogP) is 9.87. The van der Waals surface area contributed by atoms with Crippen molar-refractivity contribution in [2.45, 2.75) is 64.0 Å². The number of nitrogens with one attached hydrogen (secondary N) is 1. The molecule has 9 nitrogen and oxygen atoms in total. The summed E-state index contributed by atoms with van der Waals surface area (Å²) in [6, 6.07) is 15.3. The average molecular weight is 735 g/mol. The quantitative estimate of drug-likeness (QED) is 0.0479. The van der Waals surface area contributed by atoms with Crippen LogP contribution in [-0.4, -0.2) is 44.7 Å². The summed E-state index contributed by atoms with van der Waals surface area (Å²) in [6.07, 6.45) is 10.1. The van der Waals surface area contributed by atoms with Crippen molar-refractivity contribution in [3.05, 3.63) is 101 Å². The van der Waals surface area contributed by atoms with Gasteiger partial charge in [-0.05, 0) is 78.6 Å². The highest BCUT2D eigenvalue weighted by Gasteiger charge is 2.34. The minimum atomic E-state index is -4.68. The van der Waals surface area contributed by atoms with E-state index in [2.05, 4.69) is 5.32 Å². The summed E-state index contributed by atoms with van der Waals surface area (Å²) in [5.74, 6) is 1.31. The fourth-order valence-electron chi connectivity index (χ4n) is 5.27. The number of hydrogen-bond acceptors (Lipinski definition) is 8. The molecule has 0 saturated heterocycles. The van der Waals surface area contributed by atoms with Crippen molar-refractivity contribution in [2.75, 3.05) is 33.3 Å². The first-order valence-corrected chi connectivity index (χ1v) is 17.2. The Bertz CT molecular complexity index is 1810. The normalized spacial score (nSPS) is 11.8. The zero-order valence-electron chi connectivity index (χ0n) is 30.1. The Morgan fingerprint density at radius 3 is 1.92 bits per heavy atom. The van der Waals surface area contributed by atoms with Crippen LogP contribution < -0.4 is 24.3 Å². The monoisotopic (exact) mass is 734 g/mol. The van der Waals surface area contributed by atoms with Crippen molar-refractivity contribution < 1.29 is 46.8 Å². The van der Waals surface area contributed by atoms with Crippen LogP contribution in [-0.2, 0) is 15.8 Å². The topological polar surface area (TPSA) is 127 Å². The van der Waals surface area contributed by atoms with Gasteiger partial charge in [-0.3, -0.25) is 9.59 Å². The van der Waals surface area contributed by atoms with Crippen molar-refractivity contribution in [1.29, 1.82) is 5.26 Å². The molecule has 3 aromatic carbocycles. The summed E-state index contributed by atoms with van der Waals surface area (Å²) >= 11 is 0. The number of ketones is 1. The number of nitriles is 1. The van der Waals surface area contributed by atoms with Gasteiger partial charge in [0, 0.05) is 18.2 Å². The number of aliphatic hydroxyl groups is 1. The Hall–Kier alpha value is -5.70. The van der Waals surface area contributed by atoms with E-state index in [-0.39, 0.29) is 23.8 Å². The Kier molecular flexibility index (Phi) is 17.0. The van der Waals surface area contributed by atoms with Gasteiger partial charge in [0.05, 0.1) is 45.1 Å². The number of carbonyl (C=O) groups excluding carboxylic acids is 2. The van der Waals surface area contributed by atoms with Gasteiger partial charge in [0.15, 0.2) is 28.8 Å². The molecule has 0 saturated carbocycles. The molecule has 3 aromatic rings.